The fraction of sp³-hybridized carbons (Fsp3) is 0.429. The smallest absolute Gasteiger partial charge is 0.200 e. The lowest BCUT2D eigenvalue weighted by Gasteiger charge is -2.27. The van der Waals surface area contributed by atoms with Crippen molar-refractivity contribution in [3.8, 4) is 5.75 Å². The lowest BCUT2D eigenvalue weighted by Crippen LogP contribution is -2.26. The second-order valence-electron chi connectivity index (χ2n) is 4.32. The van der Waals surface area contributed by atoms with E-state index in [0.29, 0.717) is 6.61 Å². The van der Waals surface area contributed by atoms with Crippen molar-refractivity contribution in [2.45, 2.75) is 40.1 Å². The van der Waals surface area contributed by atoms with Crippen LogP contribution in [0.2, 0.25) is 0 Å². The first-order chi connectivity index (χ1) is 8.61. The van der Waals surface area contributed by atoms with Crippen molar-refractivity contribution >= 4 is 11.9 Å². The molecule has 0 N–H and O–H groups in total. The summed E-state index contributed by atoms with van der Waals surface area (Å²) < 4.78 is 11.3. The summed E-state index contributed by atoms with van der Waals surface area (Å²) in [5.41, 5.74) is 2.69. The van der Waals surface area contributed by atoms with Crippen molar-refractivity contribution in [1.82, 2.24) is 4.98 Å². The number of hydrogen-bond acceptors (Lipinski definition) is 4. The summed E-state index contributed by atoms with van der Waals surface area (Å²) in [4.78, 5) is 15.3. The van der Waals surface area contributed by atoms with Crippen LogP contribution in [0.4, 0.5) is 0 Å². The summed E-state index contributed by atoms with van der Waals surface area (Å²) in [5.74, 6) is 0.798. The zero-order valence-electron chi connectivity index (χ0n) is 10.9. The van der Waals surface area contributed by atoms with E-state index in [2.05, 4.69) is 4.98 Å². The molecule has 1 aromatic heterocycles. The molecule has 0 radical (unpaired) electrons. The van der Waals surface area contributed by atoms with Gasteiger partial charge in [0.15, 0.2) is 12.1 Å². The molecule has 0 spiro atoms. The Morgan fingerprint density at radius 3 is 3.06 bits per heavy atom. The highest BCUT2D eigenvalue weighted by molar-refractivity contribution is 5.91. The van der Waals surface area contributed by atoms with E-state index in [9.17, 15) is 4.79 Å². The molecule has 1 aliphatic rings. The van der Waals surface area contributed by atoms with Crippen molar-refractivity contribution in [3.05, 3.63) is 29.1 Å². The van der Waals surface area contributed by atoms with Gasteiger partial charge >= 0.3 is 0 Å². The van der Waals surface area contributed by atoms with E-state index in [4.69, 9.17) is 9.47 Å². The van der Waals surface area contributed by atoms with E-state index in [1.165, 1.54) is 13.0 Å². The van der Waals surface area contributed by atoms with Crippen LogP contribution in [-0.4, -0.2) is 17.1 Å². The largest absolute Gasteiger partial charge is 0.463 e. The number of pyridine rings is 1. The van der Waals surface area contributed by atoms with Gasteiger partial charge in [-0.2, -0.15) is 0 Å². The molecule has 2 rings (SSSR count). The van der Waals surface area contributed by atoms with Crippen LogP contribution in [0.15, 0.2) is 12.3 Å². The van der Waals surface area contributed by atoms with Crippen LogP contribution in [0.25, 0.3) is 6.08 Å². The van der Waals surface area contributed by atoms with Crippen LogP contribution in [0.5, 0.6) is 5.75 Å². The molecule has 1 atom stereocenters. The van der Waals surface area contributed by atoms with Gasteiger partial charge in [-0.05, 0) is 26.0 Å². The highest BCUT2D eigenvalue weighted by atomic mass is 16.7. The topological polar surface area (TPSA) is 48.4 Å². The van der Waals surface area contributed by atoms with Gasteiger partial charge < -0.3 is 9.47 Å². The quantitative estimate of drug-likeness (QED) is 0.770. The molecule has 4 nitrogen and oxygen atoms in total. The van der Waals surface area contributed by atoms with Gasteiger partial charge in [-0.25, -0.2) is 0 Å². The van der Waals surface area contributed by atoms with Crippen LogP contribution in [0.1, 0.15) is 37.1 Å². The van der Waals surface area contributed by atoms with Gasteiger partial charge in [-0.15, -0.1) is 0 Å². The number of ether oxygens (including phenoxy) is 2. The number of aromatic nitrogens is 1. The minimum absolute atomic E-state index is 0.00778. The van der Waals surface area contributed by atoms with E-state index < -0.39 is 0 Å². The first kappa shape index (κ1) is 12.8. The van der Waals surface area contributed by atoms with Crippen LogP contribution >= 0.6 is 0 Å². The van der Waals surface area contributed by atoms with E-state index in [1.54, 1.807) is 12.3 Å². The maximum atomic E-state index is 11.0. The Morgan fingerprint density at radius 1 is 1.61 bits per heavy atom. The summed E-state index contributed by atoms with van der Waals surface area (Å²) in [6.45, 7) is 5.94. The van der Waals surface area contributed by atoms with Gasteiger partial charge in [0.05, 0.1) is 12.3 Å². The van der Waals surface area contributed by atoms with Crippen molar-refractivity contribution in [3.63, 3.8) is 0 Å². The van der Waals surface area contributed by atoms with Gasteiger partial charge in [-0.3, -0.25) is 9.78 Å². The zero-order valence-corrected chi connectivity index (χ0v) is 10.9. The lowest BCUT2D eigenvalue weighted by atomic mass is 10.1. The summed E-state index contributed by atoms with van der Waals surface area (Å²) in [7, 11) is 0. The van der Waals surface area contributed by atoms with Crippen LogP contribution in [0.3, 0.4) is 0 Å². The predicted octanol–water partition coefficient (Wildman–Crippen LogP) is 2.64. The van der Waals surface area contributed by atoms with Gasteiger partial charge in [0.1, 0.15) is 5.75 Å². The van der Waals surface area contributed by atoms with E-state index in [1.807, 2.05) is 13.8 Å². The Morgan fingerprint density at radius 2 is 2.39 bits per heavy atom. The van der Waals surface area contributed by atoms with Crippen molar-refractivity contribution in [2.75, 3.05) is 0 Å². The van der Waals surface area contributed by atoms with Crippen LogP contribution in [0, 0.1) is 6.92 Å². The second-order valence-corrected chi connectivity index (χ2v) is 4.32. The van der Waals surface area contributed by atoms with Crippen molar-refractivity contribution in [2.24, 2.45) is 0 Å². The third-order valence-corrected chi connectivity index (χ3v) is 2.84. The van der Waals surface area contributed by atoms with Gasteiger partial charge in [0, 0.05) is 23.7 Å². The molecule has 1 aliphatic heterocycles. The average molecular weight is 247 g/mol. The number of carbonyl (C=O) groups is 1. The molecule has 18 heavy (non-hydrogen) atoms. The molecule has 96 valence electrons. The van der Waals surface area contributed by atoms with E-state index in [-0.39, 0.29) is 12.1 Å². The number of carbonyl (C=O) groups excluding carboxylic acids is 1. The maximum absolute atomic E-state index is 11.0. The Balaban J connectivity index is 2.38. The molecule has 2 heterocycles. The number of allylic oxidation sites excluding steroid dienone is 1. The molecule has 0 aromatic carbocycles. The Bertz CT molecular complexity index is 494. The monoisotopic (exact) mass is 247 g/mol. The lowest BCUT2D eigenvalue weighted by molar-refractivity contribution is -0.112. The summed E-state index contributed by atoms with van der Waals surface area (Å²) in [5, 5.41) is 0. The minimum atomic E-state index is -0.204. The number of aryl methyl sites for hydroxylation is 1. The third-order valence-electron chi connectivity index (χ3n) is 2.84. The summed E-state index contributed by atoms with van der Waals surface area (Å²) >= 11 is 0. The number of hydrogen-bond donors (Lipinski definition) is 0. The molecule has 0 saturated carbocycles. The molecule has 0 aliphatic carbocycles. The fourth-order valence-corrected chi connectivity index (χ4v) is 1.85. The average Bonchev–Trinajstić information content (AvgIpc) is 2.37. The fourth-order valence-electron chi connectivity index (χ4n) is 1.85. The predicted molar refractivity (Wildman–Crippen MR) is 68.2 cm³/mol. The molecule has 1 aromatic rings. The van der Waals surface area contributed by atoms with Gasteiger partial charge in [0.25, 0.3) is 0 Å². The zero-order chi connectivity index (χ0) is 13.1. The Kier molecular flexibility index (Phi) is 3.77. The number of fused-ring (bicyclic) bond motifs is 1. The SMILES string of the molecule is CCC1OCc2c(/C=C/C(C)=O)cnc(C)c2O1. The van der Waals surface area contributed by atoms with Crippen LogP contribution in [-0.2, 0) is 16.1 Å². The summed E-state index contributed by atoms with van der Waals surface area (Å²) in [6.07, 6.45) is 5.62. The highest BCUT2D eigenvalue weighted by Gasteiger charge is 2.22. The number of nitrogens with zero attached hydrogens (tertiary/aromatic N) is 1. The molecular weight excluding hydrogens is 230 g/mol. The first-order valence-corrected chi connectivity index (χ1v) is 6.07. The van der Waals surface area contributed by atoms with E-state index >= 15 is 0 Å². The van der Waals surface area contributed by atoms with E-state index in [0.717, 1.165) is 29.0 Å². The molecule has 1 unspecified atom stereocenters. The second kappa shape index (κ2) is 5.31. The molecule has 0 fully saturated rings. The van der Waals surface area contributed by atoms with Crippen molar-refractivity contribution < 1.29 is 14.3 Å². The Labute approximate surface area is 107 Å². The van der Waals surface area contributed by atoms with Gasteiger partial charge in [-0.1, -0.05) is 6.92 Å². The van der Waals surface area contributed by atoms with Crippen LogP contribution < -0.4 is 4.74 Å². The first-order valence-electron chi connectivity index (χ1n) is 6.07. The maximum Gasteiger partial charge on any atom is 0.200 e. The minimum Gasteiger partial charge on any atom is -0.463 e. The van der Waals surface area contributed by atoms with Gasteiger partial charge in [0.2, 0.25) is 0 Å². The molecule has 0 amide bonds. The number of rotatable bonds is 3. The molecular formula is C14H17NO3. The standard InChI is InChI=1S/C14H17NO3/c1-4-13-17-8-12-11(6-5-9(2)16)7-15-10(3)14(12)18-13/h5-7,13H,4,8H2,1-3H3/b6-5+. The Hall–Kier alpha value is -1.68. The highest BCUT2D eigenvalue weighted by Crippen LogP contribution is 2.32. The summed E-state index contributed by atoms with van der Waals surface area (Å²) in [6, 6.07) is 0. The molecule has 4 heteroatoms. The molecule has 0 saturated heterocycles. The third kappa shape index (κ3) is 2.59. The van der Waals surface area contributed by atoms with Crippen molar-refractivity contribution in [1.29, 1.82) is 0 Å². The number of ketones is 1. The normalized spacial score (nSPS) is 18.5. The molecule has 0 bridgehead atoms.